The van der Waals surface area contributed by atoms with Gasteiger partial charge >= 0.3 is 12.3 Å². The van der Waals surface area contributed by atoms with Gasteiger partial charge < -0.3 is 9.84 Å². The summed E-state index contributed by atoms with van der Waals surface area (Å²) in [6, 6.07) is 2.97. The molecule has 10 heteroatoms. The number of hydrogen-bond acceptors (Lipinski definition) is 5. The molecule has 0 aliphatic heterocycles. The van der Waals surface area contributed by atoms with Gasteiger partial charge in [0.25, 0.3) is 10.0 Å². The minimum Gasteiger partial charge on any atom is -0.449 e. The summed E-state index contributed by atoms with van der Waals surface area (Å²) in [4.78, 5) is 11.9. The van der Waals surface area contributed by atoms with Gasteiger partial charge in [0.15, 0.2) is 0 Å². The zero-order valence-corrected chi connectivity index (χ0v) is 26.6. The molecule has 4 aliphatic rings. The Hall–Kier alpha value is -1.81. The fourth-order valence-electron chi connectivity index (χ4n) is 10.5. The van der Waals surface area contributed by atoms with Crippen LogP contribution in [0.3, 0.4) is 0 Å². The van der Waals surface area contributed by atoms with E-state index in [1.54, 1.807) is 0 Å². The monoisotopic (exact) mass is 627 g/mol. The molecular weight excluding hydrogens is 579 g/mol. The number of alkyl halides is 3. The van der Waals surface area contributed by atoms with E-state index in [2.05, 4.69) is 27.7 Å². The zero-order chi connectivity index (χ0) is 31.4. The Morgan fingerprint density at radius 3 is 2.33 bits per heavy atom. The van der Waals surface area contributed by atoms with E-state index in [4.69, 9.17) is 4.74 Å². The van der Waals surface area contributed by atoms with Gasteiger partial charge in [-0.15, -0.1) is 0 Å². The maximum Gasteiger partial charge on any atom is 0.421 e. The molecule has 10 atom stereocenters. The lowest BCUT2D eigenvalue weighted by Crippen LogP contribution is -2.56. The lowest BCUT2D eigenvalue weighted by atomic mass is 9.42. The summed E-state index contributed by atoms with van der Waals surface area (Å²) in [5, 5.41) is 10.5. The molecule has 0 saturated heterocycles. The molecule has 0 spiro atoms. The number of fused-ring (bicyclic) bond motifs is 5. The van der Waals surface area contributed by atoms with Gasteiger partial charge in [-0.1, -0.05) is 34.1 Å². The van der Waals surface area contributed by atoms with Gasteiger partial charge in [0.05, 0.1) is 23.2 Å². The highest BCUT2D eigenvalue weighted by atomic mass is 32.2. The number of rotatable bonds is 7. The van der Waals surface area contributed by atoms with Crippen molar-refractivity contribution in [2.45, 2.75) is 109 Å². The van der Waals surface area contributed by atoms with Gasteiger partial charge in [0.1, 0.15) is 0 Å². The molecule has 1 aromatic carbocycles. The summed E-state index contributed by atoms with van der Waals surface area (Å²) in [5.74, 6) is 4.20. The van der Waals surface area contributed by atoms with Crippen molar-refractivity contribution in [1.82, 2.24) is 4.72 Å². The number of halogens is 3. The van der Waals surface area contributed by atoms with Crippen molar-refractivity contribution >= 4 is 16.1 Å². The van der Waals surface area contributed by atoms with Crippen molar-refractivity contribution in [3.05, 3.63) is 29.8 Å². The number of benzene rings is 1. The lowest BCUT2D eigenvalue weighted by molar-refractivity contribution is -0.152. The van der Waals surface area contributed by atoms with Gasteiger partial charge in [-0.25, -0.2) is 17.9 Å². The third-order valence-corrected chi connectivity index (χ3v) is 13.9. The van der Waals surface area contributed by atoms with E-state index in [1.807, 2.05) is 4.72 Å². The van der Waals surface area contributed by atoms with E-state index in [0.29, 0.717) is 53.6 Å². The molecule has 0 heterocycles. The van der Waals surface area contributed by atoms with Crippen LogP contribution in [0.15, 0.2) is 29.2 Å². The molecule has 0 aromatic heterocycles. The molecule has 1 amide bonds. The van der Waals surface area contributed by atoms with Crippen LogP contribution in [0.2, 0.25) is 0 Å². The number of ether oxygens (including phenoxy) is 1. The molecule has 2 N–H and O–H groups in total. The van der Waals surface area contributed by atoms with Crippen molar-refractivity contribution in [3.8, 4) is 0 Å². The second-order valence-corrected chi connectivity index (χ2v) is 16.3. The molecule has 242 valence electrons. The number of carbonyl (C=O) groups excluding carboxylic acids is 1. The summed E-state index contributed by atoms with van der Waals surface area (Å²) in [6.45, 7) is 9.60. The first-order valence-corrected chi connectivity index (χ1v) is 17.6. The van der Waals surface area contributed by atoms with E-state index in [-0.39, 0.29) is 18.1 Å². The summed E-state index contributed by atoms with van der Waals surface area (Å²) >= 11 is 0. The Balaban J connectivity index is 1.17. The van der Waals surface area contributed by atoms with E-state index < -0.39 is 32.8 Å². The highest BCUT2D eigenvalue weighted by Crippen LogP contribution is 2.69. The van der Waals surface area contributed by atoms with Crippen molar-refractivity contribution in [2.75, 3.05) is 6.61 Å². The van der Waals surface area contributed by atoms with Gasteiger partial charge in [-0.3, -0.25) is 0 Å². The zero-order valence-electron chi connectivity index (χ0n) is 25.8. The van der Waals surface area contributed by atoms with Crippen LogP contribution in [-0.2, 0) is 20.9 Å². The van der Waals surface area contributed by atoms with Gasteiger partial charge in [0, 0.05) is 0 Å². The largest absolute Gasteiger partial charge is 0.449 e. The molecule has 4 aliphatic carbocycles. The topological polar surface area (TPSA) is 92.7 Å². The van der Waals surface area contributed by atoms with Crippen molar-refractivity contribution < 1.29 is 36.2 Å². The number of sulfonamides is 1. The summed E-state index contributed by atoms with van der Waals surface area (Å²) in [5.41, 5.74) is -0.430. The van der Waals surface area contributed by atoms with Crippen LogP contribution in [0.4, 0.5) is 18.0 Å². The lowest BCUT2D eigenvalue weighted by Gasteiger charge is -2.63. The number of carbonyl (C=O) groups is 1. The summed E-state index contributed by atoms with van der Waals surface area (Å²) < 4.78 is 70.4. The normalized spacial score (nSPS) is 38.4. The Bertz CT molecular complexity index is 1270. The van der Waals surface area contributed by atoms with Gasteiger partial charge in [-0.05, 0) is 134 Å². The third-order valence-electron chi connectivity index (χ3n) is 12.6. The van der Waals surface area contributed by atoms with E-state index in [9.17, 15) is 31.5 Å². The van der Waals surface area contributed by atoms with E-state index in [1.165, 1.54) is 32.1 Å². The molecule has 1 aromatic rings. The number of hydrogen-bond donors (Lipinski definition) is 2. The van der Waals surface area contributed by atoms with Crippen LogP contribution in [0.5, 0.6) is 0 Å². The first-order valence-electron chi connectivity index (χ1n) is 16.1. The predicted octanol–water partition coefficient (Wildman–Crippen LogP) is 7.80. The molecule has 2 unspecified atom stereocenters. The first-order chi connectivity index (χ1) is 20.1. The molecule has 4 fully saturated rings. The summed E-state index contributed by atoms with van der Waals surface area (Å²) in [6.07, 6.45) is 5.01. The Kier molecular flexibility index (Phi) is 8.97. The smallest absolute Gasteiger partial charge is 0.421 e. The average Bonchev–Trinajstić information content (AvgIpc) is 3.30. The number of aliphatic hydroxyl groups is 1. The first kappa shape index (κ1) is 32.6. The maximum atomic E-state index is 12.8. The molecule has 0 bridgehead atoms. The van der Waals surface area contributed by atoms with Crippen LogP contribution in [-0.4, -0.2) is 32.3 Å². The summed E-state index contributed by atoms with van der Waals surface area (Å²) in [7, 11) is -4.35. The standard InChI is InChI=1S/C33H48F3NO5S/c1-5-21-18-25-27-11-10-26(31(27,3)16-13-28(25)32(4)15-12-23(38)19-29(21)32)20(2)14-17-42-30(39)37-43(40,41)24-8-6-22(7-9-24)33(34,35)36/h6-9,20-21,23,25-29,38H,5,10-19H2,1-4H3,(H,37,39)/t20-,21+,23-,25+,26?,27?,28+,29+,31-,32-/m1/s1. The highest BCUT2D eigenvalue weighted by molar-refractivity contribution is 7.90. The maximum absolute atomic E-state index is 12.8. The number of amides is 1. The fourth-order valence-corrected chi connectivity index (χ4v) is 11.4. The molecule has 43 heavy (non-hydrogen) atoms. The van der Waals surface area contributed by atoms with Crippen molar-refractivity contribution in [2.24, 2.45) is 52.3 Å². The van der Waals surface area contributed by atoms with Crippen LogP contribution in [0.25, 0.3) is 0 Å². The predicted molar refractivity (Wildman–Crippen MR) is 157 cm³/mol. The quantitative estimate of drug-likeness (QED) is 0.322. The molecule has 5 rings (SSSR count). The van der Waals surface area contributed by atoms with Gasteiger partial charge in [0.2, 0.25) is 0 Å². The molecule has 6 nitrogen and oxygen atoms in total. The second kappa shape index (κ2) is 11.8. The average molecular weight is 628 g/mol. The minimum atomic E-state index is -4.59. The van der Waals surface area contributed by atoms with Crippen LogP contribution in [0, 0.1) is 52.3 Å². The van der Waals surface area contributed by atoms with E-state index >= 15 is 0 Å². The molecule has 4 saturated carbocycles. The number of aliphatic hydroxyl groups excluding tert-OH is 1. The van der Waals surface area contributed by atoms with Crippen LogP contribution in [0.1, 0.15) is 97.5 Å². The minimum absolute atomic E-state index is 0.0683. The highest BCUT2D eigenvalue weighted by Gasteiger charge is 2.62. The number of nitrogens with one attached hydrogen (secondary N) is 1. The molecular formula is C33H48F3NO5S. The molecule has 0 radical (unpaired) electrons. The second-order valence-electron chi connectivity index (χ2n) is 14.6. The Morgan fingerprint density at radius 1 is 1.02 bits per heavy atom. The van der Waals surface area contributed by atoms with Crippen molar-refractivity contribution in [1.29, 1.82) is 0 Å². The Morgan fingerprint density at radius 2 is 1.67 bits per heavy atom. The van der Waals surface area contributed by atoms with E-state index in [0.717, 1.165) is 49.7 Å². The van der Waals surface area contributed by atoms with Crippen LogP contribution >= 0.6 is 0 Å². The fraction of sp³-hybridized carbons (Fsp3) is 0.788. The third kappa shape index (κ3) is 6.08. The van der Waals surface area contributed by atoms with Crippen LogP contribution < -0.4 is 4.72 Å². The van der Waals surface area contributed by atoms with Gasteiger partial charge in [-0.2, -0.15) is 13.2 Å². The Labute approximate surface area is 254 Å². The SMILES string of the molecule is CC[C@H]1C[C@H]2C3CCC([C@H](C)CCOC(=O)NS(=O)(=O)c4ccc(C(F)(F)F)cc4)[C@@]3(C)CC[C@@H]2[C@@]2(C)CC[C@@H](O)C[C@@H]12. The van der Waals surface area contributed by atoms with Crippen molar-refractivity contribution in [3.63, 3.8) is 0 Å².